The molecule has 0 bridgehead atoms. The molecule has 1 aromatic heterocycles. The van der Waals surface area contributed by atoms with Crippen LogP contribution in [0.5, 0.6) is 5.75 Å². The van der Waals surface area contributed by atoms with Crippen molar-refractivity contribution in [3.63, 3.8) is 0 Å². The molecule has 2 rings (SSSR count). The van der Waals surface area contributed by atoms with Crippen LogP contribution in [-0.4, -0.2) is 13.7 Å². The Kier molecular flexibility index (Phi) is 4.58. The van der Waals surface area contributed by atoms with E-state index in [0.29, 0.717) is 12.1 Å². The van der Waals surface area contributed by atoms with Gasteiger partial charge in [0.1, 0.15) is 5.76 Å². The zero-order valence-corrected chi connectivity index (χ0v) is 11.2. The zero-order valence-electron chi connectivity index (χ0n) is 11.2. The molecule has 2 aromatic rings. The van der Waals surface area contributed by atoms with Crippen LogP contribution in [0.2, 0.25) is 0 Å². The van der Waals surface area contributed by atoms with Crippen molar-refractivity contribution < 1.29 is 13.5 Å². The van der Waals surface area contributed by atoms with Gasteiger partial charge in [-0.1, -0.05) is 19.1 Å². The van der Waals surface area contributed by atoms with E-state index in [0.717, 1.165) is 24.3 Å². The molecule has 4 heteroatoms. The first kappa shape index (κ1) is 13.6. The van der Waals surface area contributed by atoms with Crippen LogP contribution >= 0.6 is 0 Å². The Hall–Kier alpha value is -1.81. The van der Waals surface area contributed by atoms with Crippen molar-refractivity contribution in [3.8, 4) is 16.9 Å². The topological polar surface area (TPSA) is 34.4 Å². The zero-order chi connectivity index (χ0) is 13.7. The van der Waals surface area contributed by atoms with Crippen LogP contribution in [0.15, 0.2) is 34.9 Å². The minimum atomic E-state index is -0.358. The Labute approximate surface area is 112 Å². The quantitative estimate of drug-likeness (QED) is 0.809. The van der Waals surface area contributed by atoms with Crippen LogP contribution in [0.4, 0.5) is 4.39 Å². The first-order chi connectivity index (χ1) is 9.27. The number of ether oxygens (including phenoxy) is 1. The standard InChI is InChI=1S/C15H18FNO2/c1-3-8-17-10-14-11(7-9-19-14)12-5-4-6-13(18-2)15(12)16/h4-7,9,17H,3,8,10H2,1-2H3. The summed E-state index contributed by atoms with van der Waals surface area (Å²) in [6.45, 7) is 3.59. The van der Waals surface area contributed by atoms with Gasteiger partial charge in [-0.25, -0.2) is 4.39 Å². The molecule has 0 amide bonds. The van der Waals surface area contributed by atoms with Gasteiger partial charge >= 0.3 is 0 Å². The minimum Gasteiger partial charge on any atom is -0.494 e. The van der Waals surface area contributed by atoms with Gasteiger partial charge in [0.25, 0.3) is 0 Å². The van der Waals surface area contributed by atoms with E-state index in [4.69, 9.17) is 9.15 Å². The van der Waals surface area contributed by atoms with Crippen molar-refractivity contribution in [2.24, 2.45) is 0 Å². The Balaban J connectivity index is 2.29. The maximum atomic E-state index is 14.2. The second-order valence-corrected chi connectivity index (χ2v) is 4.26. The number of furan rings is 1. The highest BCUT2D eigenvalue weighted by atomic mass is 19.1. The number of methoxy groups -OCH3 is 1. The molecule has 0 radical (unpaired) electrons. The average Bonchev–Trinajstić information content (AvgIpc) is 2.88. The molecule has 0 aliphatic rings. The smallest absolute Gasteiger partial charge is 0.172 e. The van der Waals surface area contributed by atoms with Gasteiger partial charge in [-0.15, -0.1) is 0 Å². The van der Waals surface area contributed by atoms with Gasteiger partial charge in [0.05, 0.1) is 19.9 Å². The van der Waals surface area contributed by atoms with Crippen LogP contribution in [0.1, 0.15) is 19.1 Å². The second-order valence-electron chi connectivity index (χ2n) is 4.26. The van der Waals surface area contributed by atoms with Gasteiger partial charge in [0.15, 0.2) is 11.6 Å². The monoisotopic (exact) mass is 263 g/mol. The van der Waals surface area contributed by atoms with Gasteiger partial charge in [-0.2, -0.15) is 0 Å². The second kappa shape index (κ2) is 6.38. The fourth-order valence-electron chi connectivity index (χ4n) is 1.97. The van der Waals surface area contributed by atoms with Crippen molar-refractivity contribution in [2.75, 3.05) is 13.7 Å². The van der Waals surface area contributed by atoms with Crippen LogP contribution in [-0.2, 0) is 6.54 Å². The first-order valence-electron chi connectivity index (χ1n) is 6.37. The van der Waals surface area contributed by atoms with Gasteiger partial charge in [-0.05, 0) is 25.1 Å². The van der Waals surface area contributed by atoms with E-state index in [1.165, 1.54) is 7.11 Å². The third-order valence-electron chi connectivity index (χ3n) is 2.93. The highest BCUT2D eigenvalue weighted by molar-refractivity contribution is 5.67. The molecule has 0 aliphatic carbocycles. The van der Waals surface area contributed by atoms with Crippen molar-refractivity contribution in [1.29, 1.82) is 0 Å². The average molecular weight is 263 g/mol. The molecule has 0 atom stereocenters. The van der Waals surface area contributed by atoms with Crippen LogP contribution in [0.3, 0.4) is 0 Å². The third-order valence-corrected chi connectivity index (χ3v) is 2.93. The van der Waals surface area contributed by atoms with Crippen molar-refractivity contribution >= 4 is 0 Å². The van der Waals surface area contributed by atoms with Gasteiger partial charge in [0, 0.05) is 11.1 Å². The molecular formula is C15H18FNO2. The molecule has 3 nitrogen and oxygen atoms in total. The largest absolute Gasteiger partial charge is 0.494 e. The molecule has 1 heterocycles. The van der Waals surface area contributed by atoms with E-state index in [1.54, 1.807) is 30.5 Å². The minimum absolute atomic E-state index is 0.242. The molecular weight excluding hydrogens is 245 g/mol. The van der Waals surface area contributed by atoms with E-state index >= 15 is 0 Å². The molecule has 0 unspecified atom stereocenters. The molecule has 102 valence electrons. The maximum absolute atomic E-state index is 14.2. The molecule has 0 spiro atoms. The summed E-state index contributed by atoms with van der Waals surface area (Å²) in [5.41, 5.74) is 1.27. The Bertz CT molecular complexity index is 537. The van der Waals surface area contributed by atoms with E-state index in [9.17, 15) is 4.39 Å². The highest BCUT2D eigenvalue weighted by Crippen LogP contribution is 2.31. The van der Waals surface area contributed by atoms with Gasteiger partial charge in [0.2, 0.25) is 0 Å². The number of benzene rings is 1. The molecule has 0 aliphatic heterocycles. The highest BCUT2D eigenvalue weighted by Gasteiger charge is 2.15. The lowest BCUT2D eigenvalue weighted by molar-refractivity contribution is 0.387. The Morgan fingerprint density at radius 1 is 1.26 bits per heavy atom. The fraction of sp³-hybridized carbons (Fsp3) is 0.333. The first-order valence-corrected chi connectivity index (χ1v) is 6.37. The van der Waals surface area contributed by atoms with E-state index in [1.807, 2.05) is 0 Å². The number of halogens is 1. The molecule has 19 heavy (non-hydrogen) atoms. The van der Waals surface area contributed by atoms with Crippen LogP contribution in [0, 0.1) is 5.82 Å². The fourth-order valence-corrected chi connectivity index (χ4v) is 1.97. The molecule has 1 aromatic carbocycles. The van der Waals surface area contributed by atoms with Crippen molar-refractivity contribution in [2.45, 2.75) is 19.9 Å². The van der Waals surface area contributed by atoms with Crippen molar-refractivity contribution in [1.82, 2.24) is 5.32 Å². The lowest BCUT2D eigenvalue weighted by atomic mass is 10.1. The SMILES string of the molecule is CCCNCc1occc1-c1cccc(OC)c1F. The number of nitrogens with one attached hydrogen (secondary N) is 1. The number of hydrogen-bond donors (Lipinski definition) is 1. The molecule has 0 saturated heterocycles. The summed E-state index contributed by atoms with van der Waals surface area (Å²) < 4.78 is 24.6. The van der Waals surface area contributed by atoms with E-state index in [-0.39, 0.29) is 11.6 Å². The van der Waals surface area contributed by atoms with Gasteiger partial charge < -0.3 is 14.5 Å². The predicted molar refractivity (Wildman–Crippen MR) is 72.7 cm³/mol. The number of rotatable bonds is 6. The summed E-state index contributed by atoms with van der Waals surface area (Å²) in [6, 6.07) is 6.88. The van der Waals surface area contributed by atoms with Crippen LogP contribution in [0.25, 0.3) is 11.1 Å². The lowest BCUT2D eigenvalue weighted by Gasteiger charge is -2.08. The summed E-state index contributed by atoms with van der Waals surface area (Å²) in [5.74, 6) is 0.620. The molecule has 0 saturated carbocycles. The lowest BCUT2D eigenvalue weighted by Crippen LogP contribution is -2.13. The molecule has 1 N–H and O–H groups in total. The Morgan fingerprint density at radius 3 is 2.84 bits per heavy atom. The Morgan fingerprint density at radius 2 is 2.11 bits per heavy atom. The maximum Gasteiger partial charge on any atom is 0.172 e. The summed E-state index contributed by atoms with van der Waals surface area (Å²) in [7, 11) is 1.46. The summed E-state index contributed by atoms with van der Waals surface area (Å²) in [6.07, 6.45) is 2.63. The third kappa shape index (κ3) is 2.96. The van der Waals surface area contributed by atoms with E-state index in [2.05, 4.69) is 12.2 Å². The number of hydrogen-bond acceptors (Lipinski definition) is 3. The normalized spacial score (nSPS) is 10.7. The van der Waals surface area contributed by atoms with E-state index < -0.39 is 0 Å². The van der Waals surface area contributed by atoms with Crippen molar-refractivity contribution in [3.05, 3.63) is 42.1 Å². The summed E-state index contributed by atoms with van der Waals surface area (Å²) >= 11 is 0. The van der Waals surface area contributed by atoms with Crippen LogP contribution < -0.4 is 10.1 Å². The predicted octanol–water partition coefficient (Wildman–Crippen LogP) is 3.59. The summed E-state index contributed by atoms with van der Waals surface area (Å²) in [5, 5.41) is 3.25. The van der Waals surface area contributed by atoms with Gasteiger partial charge in [-0.3, -0.25) is 0 Å². The molecule has 0 fully saturated rings. The summed E-state index contributed by atoms with van der Waals surface area (Å²) in [4.78, 5) is 0.